The fraction of sp³-hybridized carbons (Fsp3) is 0.667. The summed E-state index contributed by atoms with van der Waals surface area (Å²) >= 11 is 0. The molecule has 0 rings (SSSR count). The molecule has 0 amide bonds. The molecule has 22 heavy (non-hydrogen) atoms. The van der Waals surface area contributed by atoms with Crippen molar-refractivity contribution in [2.24, 2.45) is 5.92 Å². The van der Waals surface area contributed by atoms with Crippen molar-refractivity contribution in [3.8, 4) is 0 Å². The van der Waals surface area contributed by atoms with Gasteiger partial charge in [0.15, 0.2) is 0 Å². The van der Waals surface area contributed by atoms with Gasteiger partial charge in [0.2, 0.25) is 0 Å². The Morgan fingerprint density at radius 2 is 1.95 bits per heavy atom. The first kappa shape index (κ1) is 21.2. The zero-order valence-electron chi connectivity index (χ0n) is 15.7. The lowest BCUT2D eigenvalue weighted by atomic mass is 9.74. The van der Waals surface area contributed by atoms with Crippen molar-refractivity contribution in [1.29, 1.82) is 0 Å². The molecule has 0 bridgehead atoms. The molecule has 4 heteroatoms. The van der Waals surface area contributed by atoms with Gasteiger partial charge in [-0.3, -0.25) is 0 Å². The van der Waals surface area contributed by atoms with Crippen LogP contribution in [-0.4, -0.2) is 33.4 Å². The summed E-state index contributed by atoms with van der Waals surface area (Å²) < 4.78 is 11.8. The third-order valence-corrected chi connectivity index (χ3v) is 4.15. The van der Waals surface area contributed by atoms with E-state index in [2.05, 4.69) is 45.7 Å². The second-order valence-electron chi connectivity index (χ2n) is 6.54. The van der Waals surface area contributed by atoms with Crippen LogP contribution in [0.25, 0.3) is 0 Å². The minimum Gasteiger partial charge on any atom is -0.410 e. The molecule has 0 aliphatic heterocycles. The maximum absolute atomic E-state index is 6.21. The zero-order chi connectivity index (χ0) is 17.3. The highest BCUT2D eigenvalue weighted by Gasteiger charge is 2.32. The molecule has 0 unspecified atom stereocenters. The Morgan fingerprint density at radius 3 is 2.32 bits per heavy atom. The van der Waals surface area contributed by atoms with Crippen LogP contribution in [0.3, 0.4) is 0 Å². The topological polar surface area (TPSA) is 30.5 Å². The highest BCUT2D eigenvalue weighted by Crippen LogP contribution is 2.25. The molecule has 0 saturated heterocycles. The monoisotopic (exact) mass is 307 g/mol. The number of rotatable bonds is 10. The third-order valence-electron chi connectivity index (χ3n) is 4.15. The van der Waals surface area contributed by atoms with Gasteiger partial charge in [0.25, 0.3) is 0 Å². The second kappa shape index (κ2) is 10.0. The van der Waals surface area contributed by atoms with Gasteiger partial charge in [-0.25, -0.2) is 0 Å². The van der Waals surface area contributed by atoms with Crippen LogP contribution in [0.5, 0.6) is 0 Å². The Morgan fingerprint density at radius 1 is 1.36 bits per heavy atom. The molecule has 0 fully saturated rings. The maximum Gasteiger partial charge on any atom is 0.493 e. The van der Waals surface area contributed by atoms with Gasteiger partial charge in [-0.05, 0) is 64.7 Å². The zero-order valence-corrected chi connectivity index (χ0v) is 15.7. The van der Waals surface area contributed by atoms with E-state index in [1.54, 1.807) is 7.11 Å². The van der Waals surface area contributed by atoms with Gasteiger partial charge in [0.05, 0.1) is 5.60 Å². The Kier molecular flexibility index (Phi) is 9.66. The van der Waals surface area contributed by atoms with E-state index in [0.29, 0.717) is 5.92 Å². The molecule has 0 aromatic carbocycles. The predicted molar refractivity (Wildman–Crippen MR) is 98.0 cm³/mol. The molecular weight excluding hydrogens is 273 g/mol. The molecule has 3 nitrogen and oxygen atoms in total. The quantitative estimate of drug-likeness (QED) is 0.485. The van der Waals surface area contributed by atoms with E-state index < -0.39 is 0 Å². The molecule has 126 valence electrons. The Balaban J connectivity index is 5.30. The van der Waals surface area contributed by atoms with Gasteiger partial charge in [-0.1, -0.05) is 38.2 Å². The van der Waals surface area contributed by atoms with Crippen LogP contribution in [0.15, 0.2) is 35.3 Å². The van der Waals surface area contributed by atoms with Gasteiger partial charge < -0.3 is 14.6 Å². The Bertz CT molecular complexity index is 411. The summed E-state index contributed by atoms with van der Waals surface area (Å²) in [6, 6.07) is 0. The van der Waals surface area contributed by atoms with E-state index >= 15 is 0 Å². The normalized spacial score (nSPS) is 13.7. The minimum atomic E-state index is -0.369. The molecule has 0 spiro atoms. The molecule has 0 aromatic heterocycles. The van der Waals surface area contributed by atoms with Crippen LogP contribution in [0.1, 0.15) is 48.0 Å². The number of allylic oxidation sites excluding steroid dienone is 4. The molecule has 0 aliphatic carbocycles. The first-order chi connectivity index (χ1) is 10.2. The lowest BCUT2D eigenvalue weighted by Gasteiger charge is -2.33. The minimum absolute atomic E-state index is 0.253. The smallest absolute Gasteiger partial charge is 0.410 e. The first-order valence-corrected chi connectivity index (χ1v) is 8.07. The van der Waals surface area contributed by atoms with Crippen LogP contribution in [0.2, 0.25) is 0 Å². The molecule has 0 atom stereocenters. The third kappa shape index (κ3) is 6.95. The molecule has 0 radical (unpaired) electrons. The van der Waals surface area contributed by atoms with E-state index in [9.17, 15) is 0 Å². The highest BCUT2D eigenvalue weighted by atomic mass is 16.6. The maximum atomic E-state index is 6.21. The van der Waals surface area contributed by atoms with Crippen LogP contribution >= 0.6 is 0 Å². The van der Waals surface area contributed by atoms with E-state index in [4.69, 9.17) is 9.31 Å². The van der Waals surface area contributed by atoms with E-state index in [1.807, 2.05) is 27.0 Å². The summed E-state index contributed by atoms with van der Waals surface area (Å²) in [4.78, 5) is 0. The van der Waals surface area contributed by atoms with Crippen LogP contribution in [-0.2, 0) is 9.31 Å². The molecule has 0 heterocycles. The molecule has 1 N–H and O–H groups in total. The van der Waals surface area contributed by atoms with Crippen molar-refractivity contribution in [1.82, 2.24) is 5.32 Å². The van der Waals surface area contributed by atoms with Crippen molar-refractivity contribution in [2.45, 2.75) is 53.6 Å². The summed E-state index contributed by atoms with van der Waals surface area (Å²) in [5.41, 5.74) is 3.07. The molecule has 0 saturated carbocycles. The van der Waals surface area contributed by atoms with Gasteiger partial charge >= 0.3 is 7.12 Å². The molecule has 0 aliphatic rings. The van der Waals surface area contributed by atoms with Gasteiger partial charge in [-0.15, -0.1) is 0 Å². The fourth-order valence-electron chi connectivity index (χ4n) is 1.82. The van der Waals surface area contributed by atoms with Crippen LogP contribution in [0.4, 0.5) is 0 Å². The van der Waals surface area contributed by atoms with E-state index in [-0.39, 0.29) is 12.7 Å². The average molecular weight is 307 g/mol. The molecular formula is C18H34BNO2. The Labute approximate surface area is 138 Å². The lowest BCUT2D eigenvalue weighted by molar-refractivity contribution is 0.0358. The van der Waals surface area contributed by atoms with Crippen molar-refractivity contribution in [2.75, 3.05) is 20.7 Å². The van der Waals surface area contributed by atoms with Gasteiger partial charge in [0.1, 0.15) is 0 Å². The summed E-state index contributed by atoms with van der Waals surface area (Å²) in [5, 5.41) is 3.18. The van der Waals surface area contributed by atoms with Crippen molar-refractivity contribution in [3.63, 3.8) is 0 Å². The van der Waals surface area contributed by atoms with Gasteiger partial charge in [-0.2, -0.15) is 0 Å². The summed E-state index contributed by atoms with van der Waals surface area (Å²) in [6.45, 7) is 17.6. The number of hydrogen-bond acceptors (Lipinski definition) is 3. The number of hydrogen-bond donors (Lipinski definition) is 1. The standard InChI is InChI=1S/C18H34BNO2/c1-10-17(13-16(14(2)3)11-12-20-8)19(21-9)22-18(6,7)15(4)5/h10,13,15,20H,2,11-12H2,1,3-9H3/b16-13-,17-10+. The van der Waals surface area contributed by atoms with Gasteiger partial charge in [0, 0.05) is 7.11 Å². The summed E-state index contributed by atoms with van der Waals surface area (Å²) in [5.74, 6) is 0.400. The van der Waals surface area contributed by atoms with Crippen LogP contribution in [0, 0.1) is 5.92 Å². The van der Waals surface area contributed by atoms with Crippen LogP contribution < -0.4 is 5.32 Å². The highest BCUT2D eigenvalue weighted by molar-refractivity contribution is 6.54. The fourth-order valence-corrected chi connectivity index (χ4v) is 1.82. The predicted octanol–water partition coefficient (Wildman–Crippen LogP) is 4.17. The Hall–Kier alpha value is -0.835. The summed E-state index contributed by atoms with van der Waals surface area (Å²) in [7, 11) is 3.28. The second-order valence-corrected chi connectivity index (χ2v) is 6.54. The van der Waals surface area contributed by atoms with Crippen molar-refractivity contribution >= 4 is 7.12 Å². The largest absolute Gasteiger partial charge is 0.493 e. The SMILES string of the molecule is C=C(C)/C(=C\C(=C/C)B(OC)OC(C)(C)C(C)C)CCNC. The van der Waals surface area contributed by atoms with E-state index in [0.717, 1.165) is 24.0 Å². The first-order valence-electron chi connectivity index (χ1n) is 8.07. The van der Waals surface area contributed by atoms with Crippen molar-refractivity contribution < 1.29 is 9.31 Å². The van der Waals surface area contributed by atoms with Crippen molar-refractivity contribution in [3.05, 3.63) is 35.3 Å². The lowest BCUT2D eigenvalue weighted by Crippen LogP contribution is -2.40. The summed E-state index contributed by atoms with van der Waals surface area (Å²) in [6.07, 6.45) is 5.13. The molecule has 0 aromatic rings. The average Bonchev–Trinajstić information content (AvgIpc) is 2.45. The van der Waals surface area contributed by atoms with E-state index in [1.165, 1.54) is 5.57 Å². The number of nitrogens with one attached hydrogen (secondary N) is 1.